The predicted octanol–water partition coefficient (Wildman–Crippen LogP) is 2.56. The van der Waals surface area contributed by atoms with Gasteiger partial charge < -0.3 is 15.4 Å². The fourth-order valence-corrected chi connectivity index (χ4v) is 2.95. The Kier molecular flexibility index (Phi) is 13.2. The minimum Gasteiger partial charge on any atom is -0.380 e. The number of likely N-dealkylation sites (tertiary alicyclic amines) is 1. The fraction of sp³-hybridized carbons (Fsp3) is 0.941. The van der Waals surface area contributed by atoms with Gasteiger partial charge in [-0.25, -0.2) is 0 Å². The maximum atomic E-state index is 5.34. The Bertz CT molecular complexity index is 318. The largest absolute Gasteiger partial charge is 0.380 e. The number of nitrogens with zero attached hydrogens (tertiary/aromatic N) is 2. The lowest BCUT2D eigenvalue weighted by Gasteiger charge is -2.39. The van der Waals surface area contributed by atoms with Crippen molar-refractivity contribution in [1.82, 2.24) is 15.5 Å². The van der Waals surface area contributed by atoms with Crippen molar-refractivity contribution in [3.8, 4) is 0 Å². The molecule has 0 aromatic rings. The molecule has 5 nitrogen and oxygen atoms in total. The van der Waals surface area contributed by atoms with Crippen molar-refractivity contribution in [2.24, 2.45) is 16.8 Å². The molecule has 1 rings (SSSR count). The van der Waals surface area contributed by atoms with Crippen molar-refractivity contribution >= 4 is 29.9 Å². The number of rotatable bonds is 8. The number of hydrogen-bond acceptors (Lipinski definition) is 3. The van der Waals surface area contributed by atoms with Crippen molar-refractivity contribution < 1.29 is 4.74 Å². The molecular formula is C17H37IN4O. The summed E-state index contributed by atoms with van der Waals surface area (Å²) in [4.78, 5) is 6.94. The van der Waals surface area contributed by atoms with Gasteiger partial charge in [0.05, 0.1) is 6.61 Å². The summed E-state index contributed by atoms with van der Waals surface area (Å²) < 4.78 is 5.34. The molecule has 1 unspecified atom stereocenters. The lowest BCUT2D eigenvalue weighted by atomic mass is 9.94. The number of halogens is 1. The highest BCUT2D eigenvalue weighted by molar-refractivity contribution is 14.0. The van der Waals surface area contributed by atoms with Crippen LogP contribution >= 0.6 is 24.0 Å². The molecule has 1 heterocycles. The molecule has 1 aliphatic rings. The Morgan fingerprint density at radius 1 is 1.26 bits per heavy atom. The Morgan fingerprint density at radius 2 is 1.91 bits per heavy atom. The molecule has 0 amide bonds. The Hall–Kier alpha value is -0.0800. The smallest absolute Gasteiger partial charge is 0.191 e. The van der Waals surface area contributed by atoms with Crippen LogP contribution in [0.1, 0.15) is 40.5 Å². The van der Waals surface area contributed by atoms with Crippen LogP contribution in [0.25, 0.3) is 0 Å². The minimum atomic E-state index is 0. The summed E-state index contributed by atoms with van der Waals surface area (Å²) in [6.07, 6.45) is 2.65. The molecule has 1 fully saturated rings. The summed E-state index contributed by atoms with van der Waals surface area (Å²) in [5.74, 6) is 2.39. The van der Waals surface area contributed by atoms with E-state index in [0.717, 1.165) is 38.2 Å². The zero-order valence-electron chi connectivity index (χ0n) is 15.6. The summed E-state index contributed by atoms with van der Waals surface area (Å²) >= 11 is 0. The lowest BCUT2D eigenvalue weighted by Crippen LogP contribution is -2.51. The van der Waals surface area contributed by atoms with E-state index in [2.05, 4.69) is 41.3 Å². The molecule has 0 aromatic heterocycles. The van der Waals surface area contributed by atoms with E-state index in [9.17, 15) is 0 Å². The summed E-state index contributed by atoms with van der Waals surface area (Å²) in [5, 5.41) is 6.78. The molecule has 6 heteroatoms. The minimum absolute atomic E-state index is 0. The van der Waals surface area contributed by atoms with Crippen molar-refractivity contribution in [3.05, 3.63) is 0 Å². The van der Waals surface area contributed by atoms with Gasteiger partial charge in [-0.05, 0) is 44.7 Å². The van der Waals surface area contributed by atoms with Gasteiger partial charge in [-0.15, -0.1) is 24.0 Å². The normalized spacial score (nSPS) is 18.6. The highest BCUT2D eigenvalue weighted by Gasteiger charge is 2.25. The Balaban J connectivity index is 0.00000484. The number of hydrogen-bond donors (Lipinski definition) is 2. The molecular weight excluding hydrogens is 403 g/mol. The fourth-order valence-electron chi connectivity index (χ4n) is 2.95. The maximum Gasteiger partial charge on any atom is 0.191 e. The first-order valence-corrected chi connectivity index (χ1v) is 8.84. The lowest BCUT2D eigenvalue weighted by molar-refractivity contribution is 0.110. The number of nitrogens with one attached hydrogen (secondary N) is 2. The Morgan fingerprint density at radius 3 is 2.43 bits per heavy atom. The topological polar surface area (TPSA) is 48.9 Å². The molecule has 1 atom stereocenters. The van der Waals surface area contributed by atoms with E-state index in [1.54, 1.807) is 0 Å². The van der Waals surface area contributed by atoms with Crippen LogP contribution in [0.4, 0.5) is 0 Å². The molecule has 0 aromatic carbocycles. The van der Waals surface area contributed by atoms with Crippen LogP contribution in [0, 0.1) is 11.8 Å². The number of ether oxygens (including phenoxy) is 1. The van der Waals surface area contributed by atoms with Gasteiger partial charge in [0.15, 0.2) is 5.96 Å². The van der Waals surface area contributed by atoms with Gasteiger partial charge >= 0.3 is 0 Å². The van der Waals surface area contributed by atoms with E-state index in [4.69, 9.17) is 4.74 Å². The zero-order valence-corrected chi connectivity index (χ0v) is 17.9. The van der Waals surface area contributed by atoms with Crippen molar-refractivity contribution in [3.63, 3.8) is 0 Å². The highest BCUT2D eigenvalue weighted by Crippen LogP contribution is 2.20. The quantitative estimate of drug-likeness (QED) is 0.264. The molecule has 1 saturated heterocycles. The average Bonchev–Trinajstić information content (AvgIpc) is 2.51. The van der Waals surface area contributed by atoms with E-state index in [1.807, 2.05) is 14.0 Å². The molecule has 2 N–H and O–H groups in total. The monoisotopic (exact) mass is 440 g/mol. The summed E-state index contributed by atoms with van der Waals surface area (Å²) in [7, 11) is 1.82. The summed E-state index contributed by atoms with van der Waals surface area (Å²) in [6.45, 7) is 14.7. The second-order valence-electron chi connectivity index (χ2n) is 6.61. The van der Waals surface area contributed by atoms with Gasteiger partial charge in [0.2, 0.25) is 0 Å². The van der Waals surface area contributed by atoms with Gasteiger partial charge in [0, 0.05) is 32.8 Å². The van der Waals surface area contributed by atoms with Gasteiger partial charge in [-0.3, -0.25) is 9.89 Å². The van der Waals surface area contributed by atoms with Gasteiger partial charge in [0.1, 0.15) is 0 Å². The highest BCUT2D eigenvalue weighted by atomic mass is 127. The van der Waals surface area contributed by atoms with Crippen molar-refractivity contribution in [2.45, 2.75) is 46.6 Å². The van der Waals surface area contributed by atoms with Crippen LogP contribution in [0.15, 0.2) is 4.99 Å². The second kappa shape index (κ2) is 13.2. The molecule has 23 heavy (non-hydrogen) atoms. The third-order valence-electron chi connectivity index (χ3n) is 4.50. The van der Waals surface area contributed by atoms with Crippen LogP contribution in [-0.4, -0.2) is 63.3 Å². The number of aliphatic imine (C=N–C) groups is 1. The van der Waals surface area contributed by atoms with Crippen LogP contribution in [0.5, 0.6) is 0 Å². The first-order chi connectivity index (χ1) is 10.6. The van der Waals surface area contributed by atoms with Gasteiger partial charge in [0.25, 0.3) is 0 Å². The maximum absolute atomic E-state index is 5.34. The molecule has 0 aliphatic carbocycles. The average molecular weight is 440 g/mol. The van der Waals surface area contributed by atoms with Gasteiger partial charge in [-0.1, -0.05) is 20.8 Å². The standard InChI is InChI=1S/C17H36N4O.HI/c1-6-22-12-9-19-17(18-5)20-13-16(14(2)3)21-10-7-15(4)8-11-21;/h14-16H,6-13H2,1-5H3,(H2,18,19,20);1H. The van der Waals surface area contributed by atoms with E-state index in [-0.39, 0.29) is 24.0 Å². The summed E-state index contributed by atoms with van der Waals surface area (Å²) in [6, 6.07) is 0.568. The molecule has 0 radical (unpaired) electrons. The van der Waals surface area contributed by atoms with Crippen LogP contribution in [-0.2, 0) is 4.74 Å². The molecule has 0 spiro atoms. The first-order valence-electron chi connectivity index (χ1n) is 8.84. The third-order valence-corrected chi connectivity index (χ3v) is 4.50. The SMILES string of the molecule is CCOCCNC(=NC)NCC(C(C)C)N1CCC(C)CC1.I. The van der Waals surface area contributed by atoms with E-state index in [0.29, 0.717) is 12.0 Å². The molecule has 0 bridgehead atoms. The van der Waals surface area contributed by atoms with Crippen LogP contribution < -0.4 is 10.6 Å². The van der Waals surface area contributed by atoms with E-state index >= 15 is 0 Å². The molecule has 138 valence electrons. The molecule has 1 aliphatic heterocycles. The predicted molar refractivity (Wildman–Crippen MR) is 110 cm³/mol. The van der Waals surface area contributed by atoms with E-state index in [1.165, 1.54) is 25.9 Å². The third kappa shape index (κ3) is 9.10. The molecule has 0 saturated carbocycles. The van der Waals surface area contributed by atoms with Crippen molar-refractivity contribution in [2.75, 3.05) is 46.4 Å². The van der Waals surface area contributed by atoms with E-state index < -0.39 is 0 Å². The second-order valence-corrected chi connectivity index (χ2v) is 6.61. The van der Waals surface area contributed by atoms with Gasteiger partial charge in [-0.2, -0.15) is 0 Å². The number of guanidine groups is 1. The Labute approximate surface area is 160 Å². The zero-order chi connectivity index (χ0) is 16.4. The summed E-state index contributed by atoms with van der Waals surface area (Å²) in [5.41, 5.74) is 0. The first kappa shape index (κ1) is 22.9. The van der Waals surface area contributed by atoms with Crippen LogP contribution in [0.3, 0.4) is 0 Å². The van der Waals surface area contributed by atoms with Crippen molar-refractivity contribution in [1.29, 1.82) is 0 Å². The number of piperidine rings is 1. The van der Waals surface area contributed by atoms with Crippen LogP contribution in [0.2, 0.25) is 0 Å².